The molecule has 0 aliphatic carbocycles. The second-order valence-electron chi connectivity index (χ2n) is 9.85. The van der Waals surface area contributed by atoms with Gasteiger partial charge in [-0.15, -0.1) is 15.0 Å². The van der Waals surface area contributed by atoms with E-state index in [4.69, 9.17) is 0 Å². The number of benzene rings is 4. The van der Waals surface area contributed by atoms with Gasteiger partial charge in [0.1, 0.15) is 22.5 Å². The van der Waals surface area contributed by atoms with Crippen LogP contribution in [-0.4, -0.2) is 20.1 Å². The van der Waals surface area contributed by atoms with E-state index in [0.29, 0.717) is 5.69 Å². The molecule has 0 fully saturated rings. The van der Waals surface area contributed by atoms with Gasteiger partial charge in [0.2, 0.25) is 0 Å². The van der Waals surface area contributed by atoms with Crippen molar-refractivity contribution in [2.75, 3.05) is 0 Å². The topological polar surface area (TPSA) is 50.9 Å². The van der Waals surface area contributed by atoms with E-state index in [2.05, 4.69) is 92.5 Å². The van der Waals surface area contributed by atoms with Crippen molar-refractivity contribution in [3.63, 3.8) is 0 Å². The van der Waals surface area contributed by atoms with Crippen LogP contribution in [0.1, 0.15) is 49.9 Å². The molecule has 0 bridgehead atoms. The lowest BCUT2D eigenvalue weighted by molar-refractivity contribution is 0.462. The highest BCUT2D eigenvalue weighted by atomic mass is 16.3. The Morgan fingerprint density at radius 2 is 1.00 bits per heavy atom. The monoisotopic (exact) mass is 447 g/mol. The summed E-state index contributed by atoms with van der Waals surface area (Å²) >= 11 is 0. The van der Waals surface area contributed by atoms with Crippen molar-refractivity contribution < 1.29 is 5.11 Å². The van der Waals surface area contributed by atoms with E-state index in [-0.39, 0.29) is 16.6 Å². The SMILES string of the molecule is CC(C)(c1ccccc1)c1cc(O)c(-n2nc3ccccc3n2)cc1C(C)(C)c1ccccc1. The lowest BCUT2D eigenvalue weighted by Gasteiger charge is -2.36. The highest BCUT2D eigenvalue weighted by Crippen LogP contribution is 2.44. The zero-order valence-corrected chi connectivity index (χ0v) is 20.0. The Kier molecular flexibility index (Phi) is 5.24. The molecule has 0 spiro atoms. The van der Waals surface area contributed by atoms with Gasteiger partial charge in [-0.2, -0.15) is 0 Å². The molecule has 0 unspecified atom stereocenters. The van der Waals surface area contributed by atoms with Crippen molar-refractivity contribution in [2.45, 2.75) is 38.5 Å². The molecule has 34 heavy (non-hydrogen) atoms. The van der Waals surface area contributed by atoms with Crippen molar-refractivity contribution in [1.29, 1.82) is 0 Å². The lowest BCUT2D eigenvalue weighted by atomic mass is 9.68. The summed E-state index contributed by atoms with van der Waals surface area (Å²) in [6.07, 6.45) is 0. The Bertz CT molecular complexity index is 1420. The molecule has 0 amide bonds. The van der Waals surface area contributed by atoms with Gasteiger partial charge in [0.25, 0.3) is 0 Å². The van der Waals surface area contributed by atoms with Gasteiger partial charge in [-0.1, -0.05) is 100 Å². The Hall–Kier alpha value is -3.92. The van der Waals surface area contributed by atoms with Crippen LogP contribution in [0, 0.1) is 0 Å². The van der Waals surface area contributed by atoms with Gasteiger partial charge < -0.3 is 5.11 Å². The van der Waals surface area contributed by atoms with Gasteiger partial charge in [-0.25, -0.2) is 0 Å². The molecule has 5 rings (SSSR count). The Morgan fingerprint density at radius 1 is 0.588 bits per heavy atom. The predicted molar refractivity (Wildman–Crippen MR) is 138 cm³/mol. The molecule has 4 aromatic carbocycles. The number of hydrogen-bond acceptors (Lipinski definition) is 3. The fraction of sp³-hybridized carbons (Fsp3) is 0.200. The molecule has 0 aliphatic rings. The quantitative estimate of drug-likeness (QED) is 0.323. The average Bonchev–Trinajstić information content (AvgIpc) is 3.29. The van der Waals surface area contributed by atoms with Crippen LogP contribution >= 0.6 is 0 Å². The molecule has 0 atom stereocenters. The first-order valence-corrected chi connectivity index (χ1v) is 11.6. The summed E-state index contributed by atoms with van der Waals surface area (Å²) < 4.78 is 0. The Balaban J connectivity index is 1.77. The Morgan fingerprint density at radius 3 is 1.47 bits per heavy atom. The van der Waals surface area contributed by atoms with Gasteiger partial charge in [0.15, 0.2) is 0 Å². The molecule has 0 aliphatic heterocycles. The molecule has 170 valence electrons. The maximum Gasteiger partial charge on any atom is 0.143 e. The van der Waals surface area contributed by atoms with Gasteiger partial charge in [0.05, 0.1) is 0 Å². The maximum atomic E-state index is 11.2. The minimum atomic E-state index is -0.332. The molecule has 0 saturated heterocycles. The standard InChI is InChI=1S/C30H29N3O/c1-29(2,21-13-7-5-8-14-21)23-19-27(33-31-25-17-11-12-18-26(25)32-33)28(34)20-24(23)30(3,4)22-15-9-6-10-16-22/h5-20,34H,1-4H3. The number of phenolic OH excluding ortho intramolecular Hbond substituents is 1. The highest BCUT2D eigenvalue weighted by Gasteiger charge is 2.34. The fourth-order valence-corrected chi connectivity index (χ4v) is 4.76. The molecular weight excluding hydrogens is 418 g/mol. The smallest absolute Gasteiger partial charge is 0.143 e. The third kappa shape index (κ3) is 3.65. The van der Waals surface area contributed by atoms with Crippen molar-refractivity contribution in [3.05, 3.63) is 119 Å². The second-order valence-corrected chi connectivity index (χ2v) is 9.85. The zero-order valence-electron chi connectivity index (χ0n) is 20.0. The van der Waals surface area contributed by atoms with E-state index >= 15 is 0 Å². The zero-order chi connectivity index (χ0) is 23.9. The number of aromatic hydroxyl groups is 1. The third-order valence-electron chi connectivity index (χ3n) is 6.95. The number of rotatable bonds is 5. The maximum absolute atomic E-state index is 11.2. The number of nitrogens with zero attached hydrogens (tertiary/aromatic N) is 3. The minimum absolute atomic E-state index is 0.159. The first-order valence-electron chi connectivity index (χ1n) is 11.6. The van der Waals surface area contributed by atoms with Crippen molar-refractivity contribution in [1.82, 2.24) is 15.0 Å². The van der Waals surface area contributed by atoms with E-state index in [9.17, 15) is 5.11 Å². The van der Waals surface area contributed by atoms with Crippen LogP contribution in [-0.2, 0) is 10.8 Å². The van der Waals surface area contributed by atoms with E-state index in [0.717, 1.165) is 22.2 Å². The summed E-state index contributed by atoms with van der Waals surface area (Å²) in [5.41, 5.74) is 6.10. The number of phenols is 1. The predicted octanol–water partition coefficient (Wildman–Crippen LogP) is 6.78. The molecule has 5 aromatic rings. The van der Waals surface area contributed by atoms with Gasteiger partial charge >= 0.3 is 0 Å². The summed E-state index contributed by atoms with van der Waals surface area (Å²) in [7, 11) is 0. The molecule has 1 heterocycles. The van der Waals surface area contributed by atoms with E-state index in [1.807, 2.05) is 42.5 Å². The third-order valence-corrected chi connectivity index (χ3v) is 6.95. The second kappa shape index (κ2) is 8.14. The van der Waals surface area contributed by atoms with Crippen LogP contribution < -0.4 is 0 Å². The summed E-state index contributed by atoms with van der Waals surface area (Å²) in [6.45, 7) is 8.88. The number of fused-ring (bicyclic) bond motifs is 1. The summed E-state index contributed by atoms with van der Waals surface area (Å²) in [4.78, 5) is 1.55. The van der Waals surface area contributed by atoms with Crippen molar-refractivity contribution in [2.24, 2.45) is 0 Å². The largest absolute Gasteiger partial charge is 0.506 e. The Labute approximate surface area is 200 Å². The lowest BCUT2D eigenvalue weighted by Crippen LogP contribution is -2.28. The van der Waals surface area contributed by atoms with Crippen LogP contribution in [0.5, 0.6) is 5.75 Å². The first kappa shape index (κ1) is 21.9. The molecule has 0 radical (unpaired) electrons. The van der Waals surface area contributed by atoms with Gasteiger partial charge in [-0.3, -0.25) is 0 Å². The highest BCUT2D eigenvalue weighted by molar-refractivity contribution is 5.74. The molecular formula is C30H29N3O. The van der Waals surface area contributed by atoms with Crippen LogP contribution in [0.3, 0.4) is 0 Å². The van der Waals surface area contributed by atoms with Gasteiger partial charge in [0, 0.05) is 10.8 Å². The van der Waals surface area contributed by atoms with E-state index in [1.165, 1.54) is 11.1 Å². The fourth-order valence-electron chi connectivity index (χ4n) is 4.76. The average molecular weight is 448 g/mol. The van der Waals surface area contributed by atoms with Crippen LogP contribution in [0.15, 0.2) is 97.1 Å². The normalized spacial score (nSPS) is 12.2. The summed E-state index contributed by atoms with van der Waals surface area (Å²) in [5, 5.41) is 20.5. The molecule has 4 heteroatoms. The first-order chi connectivity index (χ1) is 16.3. The molecule has 1 aromatic heterocycles. The van der Waals surface area contributed by atoms with E-state index in [1.54, 1.807) is 4.80 Å². The van der Waals surface area contributed by atoms with E-state index < -0.39 is 0 Å². The number of hydrogen-bond donors (Lipinski definition) is 1. The molecule has 1 N–H and O–H groups in total. The molecule has 0 saturated carbocycles. The molecule has 4 nitrogen and oxygen atoms in total. The minimum Gasteiger partial charge on any atom is -0.506 e. The van der Waals surface area contributed by atoms with Crippen LogP contribution in [0.2, 0.25) is 0 Å². The van der Waals surface area contributed by atoms with Crippen molar-refractivity contribution in [3.8, 4) is 11.4 Å². The summed E-state index contributed by atoms with van der Waals surface area (Å²) in [5.74, 6) is 0.159. The van der Waals surface area contributed by atoms with Gasteiger partial charge in [-0.05, 0) is 46.5 Å². The summed E-state index contributed by atoms with van der Waals surface area (Å²) in [6, 6.07) is 32.6. The van der Waals surface area contributed by atoms with Crippen LogP contribution in [0.25, 0.3) is 16.7 Å². The van der Waals surface area contributed by atoms with Crippen LogP contribution in [0.4, 0.5) is 0 Å². The number of aromatic nitrogens is 3. The van der Waals surface area contributed by atoms with Crippen molar-refractivity contribution >= 4 is 11.0 Å².